The predicted octanol–water partition coefficient (Wildman–Crippen LogP) is 6.49. The lowest BCUT2D eigenvalue weighted by atomic mass is 9.98. The van der Waals surface area contributed by atoms with E-state index in [1.54, 1.807) is 32.9 Å². The number of anilines is 1. The Labute approximate surface area is 225 Å². The number of rotatable bonds is 6. The zero-order valence-electron chi connectivity index (χ0n) is 20.0. The highest BCUT2D eigenvalue weighted by Gasteiger charge is 2.36. The second-order valence-corrected chi connectivity index (χ2v) is 11.9. The maximum absolute atomic E-state index is 15.1. The minimum absolute atomic E-state index is 0.0133. The highest BCUT2D eigenvalue weighted by Crippen LogP contribution is 2.37. The Kier molecular flexibility index (Phi) is 7.37. The van der Waals surface area contributed by atoms with E-state index in [0.29, 0.717) is 28.3 Å². The molecule has 1 amide bonds. The number of benzene rings is 1. The highest BCUT2D eigenvalue weighted by molar-refractivity contribution is 7.93. The average Bonchev–Trinajstić information content (AvgIpc) is 3.32. The standard InChI is InChI=1S/C24H19ClF2N4O5S2/c1-24(2,3)22-30-21(12-37-22)31(23(32)33)38(34,35)19-9-15(26)17(8-16(19)27)36-18-11-29-20(25)7-14(18)13-5-4-6-28-10-13/h4-12H,1-3H3,(H,32,33). The Morgan fingerprint density at radius 3 is 2.47 bits per heavy atom. The molecule has 14 heteroatoms. The van der Waals surface area contributed by atoms with E-state index in [0.717, 1.165) is 11.3 Å². The fourth-order valence-corrected chi connectivity index (χ4v) is 5.68. The predicted molar refractivity (Wildman–Crippen MR) is 137 cm³/mol. The van der Waals surface area contributed by atoms with Gasteiger partial charge in [-0.05, 0) is 12.1 Å². The summed E-state index contributed by atoms with van der Waals surface area (Å²) in [7, 11) is -5.12. The van der Waals surface area contributed by atoms with Gasteiger partial charge in [-0.3, -0.25) is 4.98 Å². The van der Waals surface area contributed by atoms with Gasteiger partial charge < -0.3 is 9.84 Å². The van der Waals surface area contributed by atoms with E-state index < -0.39 is 49.6 Å². The molecule has 0 unspecified atom stereocenters. The van der Waals surface area contributed by atoms with Gasteiger partial charge in [0.2, 0.25) is 0 Å². The van der Waals surface area contributed by atoms with Gasteiger partial charge in [0, 0.05) is 46.4 Å². The van der Waals surface area contributed by atoms with Crippen LogP contribution in [0.25, 0.3) is 11.1 Å². The molecule has 4 rings (SSSR count). The third kappa shape index (κ3) is 5.44. The number of hydrogen-bond acceptors (Lipinski definition) is 8. The van der Waals surface area contributed by atoms with Crippen molar-refractivity contribution < 1.29 is 31.8 Å². The number of carboxylic acid groups (broad SMARTS) is 1. The molecule has 0 spiro atoms. The van der Waals surface area contributed by atoms with Crippen molar-refractivity contribution in [2.45, 2.75) is 31.1 Å². The van der Waals surface area contributed by atoms with Gasteiger partial charge in [0.25, 0.3) is 10.0 Å². The van der Waals surface area contributed by atoms with Gasteiger partial charge in [-0.15, -0.1) is 15.6 Å². The molecule has 0 saturated heterocycles. The Morgan fingerprint density at radius 2 is 1.87 bits per heavy atom. The van der Waals surface area contributed by atoms with Crippen molar-refractivity contribution in [2.24, 2.45) is 0 Å². The average molecular weight is 581 g/mol. The van der Waals surface area contributed by atoms with Crippen molar-refractivity contribution >= 4 is 44.9 Å². The minimum atomic E-state index is -5.12. The van der Waals surface area contributed by atoms with Gasteiger partial charge >= 0.3 is 6.09 Å². The molecule has 1 aromatic carbocycles. The molecule has 0 radical (unpaired) electrons. The van der Waals surface area contributed by atoms with Crippen molar-refractivity contribution in [3.05, 3.63) is 76.1 Å². The summed E-state index contributed by atoms with van der Waals surface area (Å²) >= 11 is 7.02. The van der Waals surface area contributed by atoms with E-state index in [-0.39, 0.29) is 15.2 Å². The molecule has 0 bridgehead atoms. The molecule has 3 aromatic heterocycles. The van der Waals surface area contributed by atoms with Crippen LogP contribution in [-0.2, 0) is 15.4 Å². The number of thiazole rings is 1. The highest BCUT2D eigenvalue weighted by atomic mass is 35.5. The van der Waals surface area contributed by atoms with Crippen molar-refractivity contribution in [3.8, 4) is 22.6 Å². The first-order valence-electron chi connectivity index (χ1n) is 10.8. The molecule has 198 valence electrons. The van der Waals surface area contributed by atoms with Crippen molar-refractivity contribution in [2.75, 3.05) is 4.31 Å². The number of nitrogens with zero attached hydrogens (tertiary/aromatic N) is 4. The summed E-state index contributed by atoms with van der Waals surface area (Å²) in [4.78, 5) is 22.7. The summed E-state index contributed by atoms with van der Waals surface area (Å²) in [6.07, 6.45) is 2.28. The van der Waals surface area contributed by atoms with Crippen LogP contribution in [0.3, 0.4) is 0 Å². The van der Waals surface area contributed by atoms with Crippen LogP contribution in [0.15, 0.2) is 59.2 Å². The molecule has 1 N–H and O–H groups in total. The summed E-state index contributed by atoms with van der Waals surface area (Å²) in [5, 5.41) is 11.4. The molecule has 9 nitrogen and oxygen atoms in total. The fraction of sp³-hybridized carbons (Fsp3) is 0.167. The number of carbonyl (C=O) groups is 1. The molecule has 3 heterocycles. The summed E-state index contributed by atoms with van der Waals surface area (Å²) in [6, 6.07) is 5.62. The number of halogens is 3. The Balaban J connectivity index is 1.74. The van der Waals surface area contributed by atoms with E-state index in [2.05, 4.69) is 15.0 Å². The maximum atomic E-state index is 15.1. The van der Waals surface area contributed by atoms with Crippen LogP contribution in [0.2, 0.25) is 5.15 Å². The van der Waals surface area contributed by atoms with E-state index in [4.69, 9.17) is 16.3 Å². The van der Waals surface area contributed by atoms with Crippen molar-refractivity contribution in [1.29, 1.82) is 0 Å². The third-order valence-electron chi connectivity index (χ3n) is 5.05. The van der Waals surface area contributed by atoms with Crippen LogP contribution in [-0.4, -0.2) is 34.6 Å². The number of aromatic nitrogens is 3. The van der Waals surface area contributed by atoms with E-state index in [1.807, 2.05) is 0 Å². The number of sulfonamides is 1. The fourth-order valence-electron chi connectivity index (χ4n) is 3.28. The lowest BCUT2D eigenvalue weighted by Crippen LogP contribution is -2.36. The van der Waals surface area contributed by atoms with E-state index in [9.17, 15) is 18.3 Å². The minimum Gasteiger partial charge on any atom is -0.464 e. The molecule has 0 atom stereocenters. The Morgan fingerprint density at radius 1 is 1.13 bits per heavy atom. The van der Waals surface area contributed by atoms with E-state index >= 15 is 8.78 Å². The zero-order valence-corrected chi connectivity index (χ0v) is 22.4. The normalized spacial score (nSPS) is 11.8. The van der Waals surface area contributed by atoms with Gasteiger partial charge in [-0.1, -0.05) is 38.4 Å². The lowest BCUT2D eigenvalue weighted by Gasteiger charge is -2.19. The second kappa shape index (κ2) is 10.2. The van der Waals surface area contributed by atoms with Crippen LogP contribution in [0.1, 0.15) is 25.8 Å². The van der Waals surface area contributed by atoms with Crippen LogP contribution in [0.5, 0.6) is 11.5 Å². The molecule has 0 aliphatic carbocycles. The molecule has 4 aromatic rings. The first-order valence-corrected chi connectivity index (χ1v) is 13.5. The monoisotopic (exact) mass is 580 g/mol. The zero-order chi connectivity index (χ0) is 27.8. The first-order chi connectivity index (χ1) is 17.8. The van der Waals surface area contributed by atoms with Gasteiger partial charge in [0.05, 0.1) is 6.20 Å². The molecule has 0 saturated carbocycles. The molecular weight excluding hydrogens is 562 g/mol. The topological polar surface area (TPSA) is 123 Å². The second-order valence-electron chi connectivity index (χ2n) is 8.87. The molecule has 0 fully saturated rings. The Hall–Kier alpha value is -3.68. The van der Waals surface area contributed by atoms with Crippen LogP contribution >= 0.6 is 22.9 Å². The Bertz CT molecular complexity index is 1630. The number of pyridine rings is 2. The lowest BCUT2D eigenvalue weighted by molar-refractivity contribution is 0.206. The maximum Gasteiger partial charge on any atom is 0.427 e. The quantitative estimate of drug-likeness (QED) is 0.257. The van der Waals surface area contributed by atoms with Gasteiger partial charge in [0.1, 0.15) is 20.9 Å². The van der Waals surface area contributed by atoms with Gasteiger partial charge in [0.15, 0.2) is 23.1 Å². The van der Waals surface area contributed by atoms with Gasteiger partial charge in [-0.25, -0.2) is 32.0 Å². The van der Waals surface area contributed by atoms with Crippen LogP contribution in [0, 0.1) is 11.6 Å². The van der Waals surface area contributed by atoms with Crippen LogP contribution in [0.4, 0.5) is 19.4 Å². The number of amides is 1. The van der Waals surface area contributed by atoms with Crippen LogP contribution < -0.4 is 9.04 Å². The SMILES string of the molecule is CC(C)(C)c1nc(N(C(=O)O)S(=O)(=O)c2cc(F)c(Oc3cnc(Cl)cc3-c3cccnc3)cc2F)cs1. The largest absolute Gasteiger partial charge is 0.464 e. The van der Waals surface area contributed by atoms with Crippen molar-refractivity contribution in [1.82, 2.24) is 15.0 Å². The molecular formula is C24H19ClF2N4O5S2. The van der Waals surface area contributed by atoms with Crippen molar-refractivity contribution in [3.63, 3.8) is 0 Å². The first kappa shape index (κ1) is 27.4. The van der Waals surface area contributed by atoms with Gasteiger partial charge in [-0.2, -0.15) is 0 Å². The summed E-state index contributed by atoms with van der Waals surface area (Å²) in [6.45, 7) is 5.41. The molecule has 0 aliphatic heterocycles. The number of ether oxygens (including phenoxy) is 1. The smallest absolute Gasteiger partial charge is 0.427 e. The third-order valence-corrected chi connectivity index (χ3v) is 8.20. The molecule has 38 heavy (non-hydrogen) atoms. The summed E-state index contributed by atoms with van der Waals surface area (Å²) in [5.41, 5.74) is 0.407. The number of hydrogen-bond donors (Lipinski definition) is 1. The summed E-state index contributed by atoms with van der Waals surface area (Å²) in [5.74, 6) is -3.84. The molecule has 0 aliphatic rings. The summed E-state index contributed by atoms with van der Waals surface area (Å²) < 4.78 is 62.0. The van der Waals surface area contributed by atoms with E-state index in [1.165, 1.54) is 30.0 Å².